The number of benzene rings is 1. The van der Waals surface area contributed by atoms with Gasteiger partial charge in [-0.2, -0.15) is 18.4 Å². The topological polar surface area (TPSA) is 69.0 Å². The molecule has 1 N–H and O–H groups in total. The predicted octanol–water partition coefficient (Wildman–Crippen LogP) is 4.44. The quantitative estimate of drug-likeness (QED) is 0.819. The van der Waals surface area contributed by atoms with Gasteiger partial charge in [0.15, 0.2) is 0 Å². The van der Waals surface area contributed by atoms with Crippen LogP contribution < -0.4 is 10.2 Å². The van der Waals surface area contributed by atoms with Gasteiger partial charge in [0, 0.05) is 17.9 Å². The molecule has 0 fully saturated rings. The van der Waals surface area contributed by atoms with Crippen molar-refractivity contribution in [3.8, 4) is 6.07 Å². The second kappa shape index (κ2) is 8.30. The lowest BCUT2D eigenvalue weighted by atomic mass is 10.1. The van der Waals surface area contributed by atoms with Gasteiger partial charge in [0.2, 0.25) is 5.91 Å². The standard InChI is InChI=1S/C20H21F3N4O/c1-5-27(15-8-6-7-12(2)9-15)19(28)14(4)26-18-16(11-24)17(20(21,22)23)10-13(3)25-18/h6-10,14H,5H2,1-4H3,(H,25,26)/t14-/m1/s1. The van der Waals surface area contributed by atoms with Gasteiger partial charge in [0.25, 0.3) is 0 Å². The summed E-state index contributed by atoms with van der Waals surface area (Å²) in [6, 6.07) is 8.85. The summed E-state index contributed by atoms with van der Waals surface area (Å²) in [5, 5.41) is 11.9. The van der Waals surface area contributed by atoms with Crippen molar-refractivity contribution in [2.24, 2.45) is 0 Å². The number of carbonyl (C=O) groups excluding carboxylic acids is 1. The van der Waals surface area contributed by atoms with Gasteiger partial charge >= 0.3 is 6.18 Å². The van der Waals surface area contributed by atoms with Crippen LogP contribution in [0.5, 0.6) is 0 Å². The number of nitriles is 1. The number of nitrogens with one attached hydrogen (secondary N) is 1. The summed E-state index contributed by atoms with van der Waals surface area (Å²) in [5.74, 6) is -0.593. The fourth-order valence-electron chi connectivity index (χ4n) is 2.88. The van der Waals surface area contributed by atoms with Crippen molar-refractivity contribution in [3.63, 3.8) is 0 Å². The van der Waals surface area contributed by atoms with Crippen LogP contribution in [0.15, 0.2) is 30.3 Å². The van der Waals surface area contributed by atoms with Crippen LogP contribution in [0.3, 0.4) is 0 Å². The SMILES string of the molecule is CCN(C(=O)[C@@H](C)Nc1nc(C)cc(C(F)(F)F)c1C#N)c1cccc(C)c1. The van der Waals surface area contributed by atoms with Crippen LogP contribution in [0.2, 0.25) is 0 Å². The highest BCUT2D eigenvalue weighted by atomic mass is 19.4. The molecule has 0 unspecified atom stereocenters. The molecule has 0 aliphatic heterocycles. The van der Waals surface area contributed by atoms with E-state index in [1.54, 1.807) is 19.1 Å². The number of likely N-dealkylation sites (N-methyl/N-ethyl adjacent to an activating group) is 1. The number of amides is 1. The second-order valence-corrected chi connectivity index (χ2v) is 6.43. The van der Waals surface area contributed by atoms with E-state index in [4.69, 9.17) is 0 Å². The molecule has 2 aromatic rings. The molecule has 1 heterocycles. The minimum absolute atomic E-state index is 0.0968. The van der Waals surface area contributed by atoms with Crippen molar-refractivity contribution in [2.45, 2.75) is 39.9 Å². The first-order valence-electron chi connectivity index (χ1n) is 8.72. The summed E-state index contributed by atoms with van der Waals surface area (Å²) >= 11 is 0. The van der Waals surface area contributed by atoms with Gasteiger partial charge in [0.05, 0.1) is 5.56 Å². The number of nitrogens with zero attached hydrogens (tertiary/aromatic N) is 3. The summed E-state index contributed by atoms with van der Waals surface area (Å²) in [4.78, 5) is 18.4. The lowest BCUT2D eigenvalue weighted by molar-refractivity contribution is -0.137. The van der Waals surface area contributed by atoms with Crippen molar-refractivity contribution >= 4 is 17.4 Å². The molecular weight excluding hydrogens is 369 g/mol. The maximum atomic E-state index is 13.3. The number of alkyl halides is 3. The molecule has 1 aromatic heterocycles. The number of rotatable bonds is 5. The number of hydrogen-bond donors (Lipinski definition) is 1. The van der Waals surface area contributed by atoms with Crippen LogP contribution in [0.4, 0.5) is 24.7 Å². The van der Waals surface area contributed by atoms with Crippen molar-refractivity contribution in [2.75, 3.05) is 16.8 Å². The molecule has 0 spiro atoms. The number of pyridine rings is 1. The minimum Gasteiger partial charge on any atom is -0.357 e. The average molecular weight is 390 g/mol. The lowest BCUT2D eigenvalue weighted by Crippen LogP contribution is -2.42. The van der Waals surface area contributed by atoms with Gasteiger partial charge < -0.3 is 10.2 Å². The van der Waals surface area contributed by atoms with Gasteiger partial charge in [0.1, 0.15) is 23.5 Å². The van der Waals surface area contributed by atoms with Crippen LogP contribution in [-0.2, 0) is 11.0 Å². The Morgan fingerprint density at radius 2 is 2.00 bits per heavy atom. The molecule has 0 aliphatic rings. The van der Waals surface area contributed by atoms with Gasteiger partial charge in [-0.3, -0.25) is 4.79 Å². The first kappa shape index (κ1) is 21.2. The van der Waals surface area contributed by atoms with Crippen molar-refractivity contribution < 1.29 is 18.0 Å². The molecule has 148 valence electrons. The van der Waals surface area contributed by atoms with E-state index < -0.39 is 23.3 Å². The second-order valence-electron chi connectivity index (χ2n) is 6.43. The Balaban J connectivity index is 2.36. The molecule has 28 heavy (non-hydrogen) atoms. The largest absolute Gasteiger partial charge is 0.417 e. The van der Waals surface area contributed by atoms with E-state index in [1.807, 2.05) is 25.1 Å². The fraction of sp³-hybridized carbons (Fsp3) is 0.350. The summed E-state index contributed by atoms with van der Waals surface area (Å²) in [6.45, 7) is 7.02. The van der Waals surface area contributed by atoms with E-state index in [2.05, 4.69) is 10.3 Å². The van der Waals surface area contributed by atoms with Gasteiger partial charge in [-0.25, -0.2) is 4.98 Å². The average Bonchev–Trinajstić information content (AvgIpc) is 2.61. The number of aromatic nitrogens is 1. The van der Waals surface area contributed by atoms with Gasteiger partial charge in [-0.15, -0.1) is 0 Å². The van der Waals surface area contributed by atoms with Crippen molar-refractivity contribution in [1.29, 1.82) is 5.26 Å². The predicted molar refractivity (Wildman–Crippen MR) is 101 cm³/mol. The third-order valence-corrected chi connectivity index (χ3v) is 4.18. The summed E-state index contributed by atoms with van der Waals surface area (Å²) in [7, 11) is 0. The van der Waals surface area contributed by atoms with Crippen LogP contribution >= 0.6 is 0 Å². The Morgan fingerprint density at radius 1 is 1.32 bits per heavy atom. The Bertz CT molecular complexity index is 919. The molecule has 0 saturated heterocycles. The molecule has 0 radical (unpaired) electrons. The van der Waals surface area contributed by atoms with Crippen LogP contribution in [0, 0.1) is 25.2 Å². The van der Waals surface area contributed by atoms with E-state index in [1.165, 1.54) is 18.7 Å². The van der Waals surface area contributed by atoms with Crippen LogP contribution in [0.1, 0.15) is 36.2 Å². The van der Waals surface area contributed by atoms with E-state index in [0.29, 0.717) is 12.2 Å². The van der Waals surface area contributed by atoms with Gasteiger partial charge in [-0.1, -0.05) is 12.1 Å². The van der Waals surface area contributed by atoms with E-state index in [0.717, 1.165) is 11.6 Å². The molecule has 1 amide bonds. The van der Waals surface area contributed by atoms with Crippen LogP contribution in [0.25, 0.3) is 0 Å². The highest BCUT2D eigenvalue weighted by Crippen LogP contribution is 2.34. The lowest BCUT2D eigenvalue weighted by Gasteiger charge is -2.26. The van der Waals surface area contributed by atoms with Gasteiger partial charge in [-0.05, 0) is 51.5 Å². The summed E-state index contributed by atoms with van der Waals surface area (Å²) < 4.78 is 39.8. The van der Waals surface area contributed by atoms with E-state index in [-0.39, 0.29) is 17.4 Å². The summed E-state index contributed by atoms with van der Waals surface area (Å²) in [6.07, 6.45) is -4.69. The third-order valence-electron chi connectivity index (χ3n) is 4.18. The smallest absolute Gasteiger partial charge is 0.357 e. The summed E-state index contributed by atoms with van der Waals surface area (Å²) in [5.41, 5.74) is 0.0627. The maximum Gasteiger partial charge on any atom is 0.417 e. The highest BCUT2D eigenvalue weighted by molar-refractivity contribution is 5.98. The first-order valence-corrected chi connectivity index (χ1v) is 8.72. The number of hydrogen-bond acceptors (Lipinski definition) is 4. The number of halogens is 3. The monoisotopic (exact) mass is 390 g/mol. The Hall–Kier alpha value is -3.08. The molecule has 0 saturated carbocycles. The molecule has 8 heteroatoms. The highest BCUT2D eigenvalue weighted by Gasteiger charge is 2.36. The molecule has 0 aliphatic carbocycles. The number of carbonyl (C=O) groups is 1. The Labute approximate surface area is 161 Å². The zero-order valence-corrected chi connectivity index (χ0v) is 16.1. The number of aryl methyl sites for hydroxylation is 2. The third kappa shape index (κ3) is 4.60. The van der Waals surface area contributed by atoms with E-state index >= 15 is 0 Å². The molecule has 1 aromatic carbocycles. The van der Waals surface area contributed by atoms with Crippen molar-refractivity contribution in [3.05, 3.63) is 52.7 Å². The molecule has 2 rings (SSSR count). The first-order chi connectivity index (χ1) is 13.1. The molecule has 5 nitrogen and oxygen atoms in total. The fourth-order valence-corrected chi connectivity index (χ4v) is 2.88. The van der Waals surface area contributed by atoms with Crippen LogP contribution in [-0.4, -0.2) is 23.5 Å². The van der Waals surface area contributed by atoms with Crippen molar-refractivity contribution in [1.82, 2.24) is 4.98 Å². The molecular formula is C20H21F3N4O. The normalized spacial score (nSPS) is 12.2. The number of anilines is 2. The Kier molecular flexibility index (Phi) is 6.29. The Morgan fingerprint density at radius 3 is 2.54 bits per heavy atom. The zero-order valence-electron chi connectivity index (χ0n) is 16.1. The molecule has 0 bridgehead atoms. The molecule has 1 atom stereocenters. The minimum atomic E-state index is -4.69. The zero-order chi connectivity index (χ0) is 21.1. The maximum absolute atomic E-state index is 13.3. The van der Waals surface area contributed by atoms with E-state index in [9.17, 15) is 23.2 Å².